The van der Waals surface area contributed by atoms with Crippen LogP contribution >= 0.6 is 11.3 Å². The Balaban J connectivity index is 1.70. The lowest BCUT2D eigenvalue weighted by atomic mass is 9.98. The van der Waals surface area contributed by atoms with E-state index in [1.54, 1.807) is 23.5 Å². The van der Waals surface area contributed by atoms with Gasteiger partial charge in [0, 0.05) is 17.0 Å². The van der Waals surface area contributed by atoms with Crippen molar-refractivity contribution in [3.63, 3.8) is 0 Å². The second kappa shape index (κ2) is 10.9. The Morgan fingerprint density at radius 1 is 0.969 bits per heavy atom. The summed E-state index contributed by atoms with van der Waals surface area (Å²) in [6.45, 7) is 4.74. The molecule has 1 amide bonds. The number of hydrogen-bond donors (Lipinski definition) is 2. The molecular weight excluding hydrogens is 440 g/mol. The van der Waals surface area contributed by atoms with Crippen LogP contribution in [0.4, 0.5) is 0 Å². The van der Waals surface area contributed by atoms with E-state index in [1.807, 2.05) is 29.6 Å². The van der Waals surface area contributed by atoms with Gasteiger partial charge < -0.3 is 5.32 Å². The van der Waals surface area contributed by atoms with Gasteiger partial charge in [-0.1, -0.05) is 56.3 Å². The van der Waals surface area contributed by atoms with Crippen molar-refractivity contribution < 1.29 is 13.2 Å². The number of carbonyl (C=O) groups is 1. The fraction of sp³-hybridized carbons (Fsp3) is 0.320. The topological polar surface area (TPSA) is 75.3 Å². The predicted molar refractivity (Wildman–Crippen MR) is 132 cm³/mol. The summed E-state index contributed by atoms with van der Waals surface area (Å²) in [6, 6.07) is 19.6. The Bertz CT molecular complexity index is 1110. The summed E-state index contributed by atoms with van der Waals surface area (Å²) in [7, 11) is -3.20. The van der Waals surface area contributed by atoms with E-state index < -0.39 is 10.0 Å². The van der Waals surface area contributed by atoms with Gasteiger partial charge >= 0.3 is 0 Å². The van der Waals surface area contributed by atoms with E-state index in [2.05, 4.69) is 48.2 Å². The molecule has 1 unspecified atom stereocenters. The first-order valence-corrected chi connectivity index (χ1v) is 13.4. The van der Waals surface area contributed by atoms with E-state index in [0.717, 1.165) is 28.7 Å². The van der Waals surface area contributed by atoms with Crippen LogP contribution in [0, 0.1) is 5.92 Å². The Labute approximate surface area is 194 Å². The first-order valence-electron chi connectivity index (χ1n) is 10.7. The molecule has 0 spiro atoms. The molecular formula is C25H30N2O3S2. The van der Waals surface area contributed by atoms with Gasteiger partial charge in [0.1, 0.15) is 0 Å². The maximum Gasteiger partial charge on any atom is 0.252 e. The van der Waals surface area contributed by atoms with Gasteiger partial charge in [0.2, 0.25) is 10.0 Å². The number of amides is 1. The molecule has 32 heavy (non-hydrogen) atoms. The highest BCUT2D eigenvalue weighted by atomic mass is 32.2. The zero-order valence-corrected chi connectivity index (χ0v) is 20.3. The maximum atomic E-state index is 13.0. The zero-order valence-electron chi connectivity index (χ0n) is 18.7. The van der Waals surface area contributed by atoms with Crippen LogP contribution in [0.25, 0.3) is 0 Å². The number of rotatable bonds is 10. The predicted octanol–water partition coefficient (Wildman–Crippen LogP) is 4.56. The highest BCUT2D eigenvalue weighted by molar-refractivity contribution is 7.88. The largest absolute Gasteiger partial charge is 0.340 e. The average Bonchev–Trinajstić information content (AvgIpc) is 3.26. The minimum atomic E-state index is -3.20. The molecule has 1 aromatic heterocycles. The minimum Gasteiger partial charge on any atom is -0.340 e. The van der Waals surface area contributed by atoms with Gasteiger partial charge in [0.25, 0.3) is 5.91 Å². The third-order valence-electron chi connectivity index (χ3n) is 5.05. The van der Waals surface area contributed by atoms with Crippen molar-refractivity contribution in [3.05, 3.63) is 93.2 Å². The molecule has 0 saturated carbocycles. The van der Waals surface area contributed by atoms with Gasteiger partial charge in [-0.2, -0.15) is 0 Å². The molecule has 170 valence electrons. The fourth-order valence-corrected chi connectivity index (χ4v) is 4.79. The van der Waals surface area contributed by atoms with Crippen LogP contribution < -0.4 is 10.0 Å². The highest BCUT2D eigenvalue weighted by Gasteiger charge is 2.19. The van der Waals surface area contributed by atoms with E-state index in [4.69, 9.17) is 0 Å². The second-order valence-electron chi connectivity index (χ2n) is 8.37. The van der Waals surface area contributed by atoms with Gasteiger partial charge in [-0.3, -0.25) is 4.79 Å². The number of carbonyl (C=O) groups excluding carboxylic acids is 1. The molecule has 7 heteroatoms. The molecule has 5 nitrogen and oxygen atoms in total. The first-order chi connectivity index (χ1) is 15.2. The van der Waals surface area contributed by atoms with Crippen LogP contribution in [-0.2, 0) is 22.9 Å². The third-order valence-corrected chi connectivity index (χ3v) is 6.72. The summed E-state index contributed by atoms with van der Waals surface area (Å²) < 4.78 is 24.8. The number of thiophene rings is 1. The van der Waals surface area contributed by atoms with E-state index in [9.17, 15) is 13.2 Å². The van der Waals surface area contributed by atoms with Crippen molar-refractivity contribution in [2.75, 3.05) is 12.8 Å². The quantitative estimate of drug-likeness (QED) is 0.456. The van der Waals surface area contributed by atoms with Crippen molar-refractivity contribution in [2.45, 2.75) is 32.7 Å². The van der Waals surface area contributed by atoms with Crippen LogP contribution in [0.5, 0.6) is 0 Å². The van der Waals surface area contributed by atoms with Crippen molar-refractivity contribution >= 4 is 27.3 Å². The molecule has 3 aromatic rings. The van der Waals surface area contributed by atoms with E-state index in [0.29, 0.717) is 24.4 Å². The van der Waals surface area contributed by atoms with Gasteiger partial charge in [0.05, 0.1) is 12.3 Å². The fourth-order valence-electron chi connectivity index (χ4n) is 3.51. The molecule has 1 atom stereocenters. The lowest BCUT2D eigenvalue weighted by Crippen LogP contribution is -2.28. The van der Waals surface area contributed by atoms with Crippen LogP contribution in [0.1, 0.15) is 51.8 Å². The van der Waals surface area contributed by atoms with Crippen molar-refractivity contribution in [1.82, 2.24) is 10.0 Å². The van der Waals surface area contributed by atoms with Gasteiger partial charge in [-0.25, -0.2) is 13.1 Å². The van der Waals surface area contributed by atoms with Crippen molar-refractivity contribution in [3.8, 4) is 0 Å². The second-order valence-corrected chi connectivity index (χ2v) is 11.2. The molecule has 1 heterocycles. The normalized spacial score (nSPS) is 12.6. The molecule has 3 rings (SSSR count). The molecule has 0 fully saturated rings. The molecule has 2 N–H and O–H groups in total. The Hall–Kier alpha value is -2.48. The summed E-state index contributed by atoms with van der Waals surface area (Å²) in [5.74, 6) is 0.453. The number of benzene rings is 2. The zero-order chi connectivity index (χ0) is 23.1. The SMILES string of the molecule is CC(C)Cc1ccc(C(NC(=O)c2ccc(CCNS(C)(=O)=O)cc2)c2cccs2)cc1. The molecule has 2 aromatic carbocycles. The van der Waals surface area contributed by atoms with Gasteiger partial charge in [-0.05, 0) is 59.0 Å². The van der Waals surface area contributed by atoms with Crippen LogP contribution in [-0.4, -0.2) is 27.1 Å². The summed E-state index contributed by atoms with van der Waals surface area (Å²) in [5.41, 5.74) is 3.88. The van der Waals surface area contributed by atoms with E-state index >= 15 is 0 Å². The molecule has 0 saturated heterocycles. The number of hydrogen-bond acceptors (Lipinski definition) is 4. The van der Waals surface area contributed by atoms with Gasteiger partial charge in [0.15, 0.2) is 0 Å². The summed E-state index contributed by atoms with van der Waals surface area (Å²) in [6.07, 6.45) is 2.74. The van der Waals surface area contributed by atoms with E-state index in [-0.39, 0.29) is 11.9 Å². The van der Waals surface area contributed by atoms with E-state index in [1.165, 1.54) is 5.56 Å². The molecule has 0 bridgehead atoms. The van der Waals surface area contributed by atoms with Crippen LogP contribution in [0.2, 0.25) is 0 Å². The lowest BCUT2D eigenvalue weighted by Gasteiger charge is -2.19. The average molecular weight is 471 g/mol. The summed E-state index contributed by atoms with van der Waals surface area (Å²) in [5, 5.41) is 5.19. The summed E-state index contributed by atoms with van der Waals surface area (Å²) >= 11 is 1.62. The minimum absolute atomic E-state index is 0.143. The molecule has 0 aliphatic rings. The number of sulfonamides is 1. The van der Waals surface area contributed by atoms with Crippen LogP contribution in [0.15, 0.2) is 66.0 Å². The summed E-state index contributed by atoms with van der Waals surface area (Å²) in [4.78, 5) is 14.1. The molecule has 0 aliphatic carbocycles. The monoisotopic (exact) mass is 470 g/mol. The Morgan fingerprint density at radius 2 is 1.62 bits per heavy atom. The van der Waals surface area contributed by atoms with Gasteiger partial charge in [-0.15, -0.1) is 11.3 Å². The highest BCUT2D eigenvalue weighted by Crippen LogP contribution is 2.27. The molecule has 0 aliphatic heterocycles. The first kappa shape index (κ1) is 24.2. The standard InChI is InChI=1S/C25H30N2O3S2/c1-18(2)17-20-8-10-21(11-9-20)24(23-5-4-16-31-23)27-25(28)22-12-6-19(7-13-22)14-15-26-32(3,29)30/h4-13,16,18,24,26H,14-15,17H2,1-3H3,(H,27,28). The molecule has 0 radical (unpaired) electrons. The van der Waals surface area contributed by atoms with Crippen molar-refractivity contribution in [2.24, 2.45) is 5.92 Å². The Kier molecular flexibility index (Phi) is 8.23. The van der Waals surface area contributed by atoms with Crippen molar-refractivity contribution in [1.29, 1.82) is 0 Å². The lowest BCUT2D eigenvalue weighted by molar-refractivity contribution is 0.0943. The maximum absolute atomic E-state index is 13.0. The number of nitrogens with one attached hydrogen (secondary N) is 2. The Morgan fingerprint density at radius 3 is 2.19 bits per heavy atom. The third kappa shape index (κ3) is 7.29. The smallest absolute Gasteiger partial charge is 0.252 e. The van der Waals surface area contributed by atoms with Crippen LogP contribution in [0.3, 0.4) is 0 Å².